The zero-order valence-electron chi connectivity index (χ0n) is 12.0. The third kappa shape index (κ3) is 4.35. The molecule has 106 valence electrons. The molecular formula is C14H22N2O2S. The Kier molecular flexibility index (Phi) is 5.54. The van der Waals surface area contributed by atoms with Gasteiger partial charge in [-0.05, 0) is 49.8 Å². The summed E-state index contributed by atoms with van der Waals surface area (Å²) in [6.45, 7) is 7.75. The fraction of sp³-hybridized carbons (Fsp3) is 0.500. The molecule has 5 heteroatoms. The fourth-order valence-corrected chi connectivity index (χ4v) is 2.88. The second-order valence-electron chi connectivity index (χ2n) is 4.72. The van der Waals surface area contributed by atoms with Gasteiger partial charge in [0.05, 0.1) is 4.90 Å². The van der Waals surface area contributed by atoms with Crippen LogP contribution in [-0.2, 0) is 10.0 Å². The third-order valence-corrected chi connectivity index (χ3v) is 4.50. The molecule has 1 aromatic rings. The van der Waals surface area contributed by atoms with E-state index in [0.717, 1.165) is 24.0 Å². The molecule has 0 radical (unpaired) electrons. The highest BCUT2D eigenvalue weighted by Crippen LogP contribution is 2.16. The number of hydrogen-bond acceptors (Lipinski definition) is 3. The van der Waals surface area contributed by atoms with E-state index < -0.39 is 10.0 Å². The van der Waals surface area contributed by atoms with Crippen LogP contribution in [0.2, 0.25) is 0 Å². The van der Waals surface area contributed by atoms with Crippen LogP contribution in [-0.4, -0.2) is 14.6 Å². The first-order chi connectivity index (χ1) is 8.90. The quantitative estimate of drug-likeness (QED) is 0.644. The van der Waals surface area contributed by atoms with Crippen molar-refractivity contribution in [2.75, 3.05) is 0 Å². The van der Waals surface area contributed by atoms with E-state index in [2.05, 4.69) is 23.8 Å². The van der Waals surface area contributed by atoms with Crippen LogP contribution in [0, 0.1) is 19.8 Å². The summed E-state index contributed by atoms with van der Waals surface area (Å²) in [6, 6.07) is 5.35. The van der Waals surface area contributed by atoms with Crippen LogP contribution in [0.5, 0.6) is 0 Å². The van der Waals surface area contributed by atoms with Gasteiger partial charge in [-0.15, -0.1) is 0 Å². The summed E-state index contributed by atoms with van der Waals surface area (Å²) < 4.78 is 24.3. The molecule has 1 N–H and O–H groups in total. The van der Waals surface area contributed by atoms with Gasteiger partial charge < -0.3 is 0 Å². The molecule has 0 bridgehead atoms. The molecule has 0 heterocycles. The van der Waals surface area contributed by atoms with Crippen molar-refractivity contribution in [2.45, 2.75) is 45.4 Å². The largest absolute Gasteiger partial charge is 0.276 e. The van der Waals surface area contributed by atoms with E-state index in [1.54, 1.807) is 25.3 Å². The predicted molar refractivity (Wildman–Crippen MR) is 78.8 cm³/mol. The van der Waals surface area contributed by atoms with Crippen molar-refractivity contribution in [2.24, 2.45) is 11.0 Å². The average molecular weight is 282 g/mol. The SMILES string of the molecule is CCC(/C=N/NS(=O)(=O)c1cc(C)ccc1C)CC. The van der Waals surface area contributed by atoms with Gasteiger partial charge in [0.15, 0.2) is 0 Å². The molecule has 0 aliphatic rings. The normalized spacial score (nSPS) is 12.3. The van der Waals surface area contributed by atoms with E-state index in [1.807, 2.05) is 13.0 Å². The lowest BCUT2D eigenvalue weighted by atomic mass is 10.1. The van der Waals surface area contributed by atoms with Crippen LogP contribution in [0.3, 0.4) is 0 Å². The van der Waals surface area contributed by atoms with Gasteiger partial charge in [-0.1, -0.05) is 26.0 Å². The van der Waals surface area contributed by atoms with Crippen LogP contribution < -0.4 is 4.83 Å². The summed E-state index contributed by atoms with van der Waals surface area (Å²) in [4.78, 5) is 2.57. The molecule has 0 saturated heterocycles. The minimum atomic E-state index is -3.57. The Labute approximate surface area is 116 Å². The van der Waals surface area contributed by atoms with E-state index in [1.165, 1.54) is 0 Å². The van der Waals surface area contributed by atoms with Crippen LogP contribution in [0.1, 0.15) is 37.8 Å². The van der Waals surface area contributed by atoms with Gasteiger partial charge in [-0.25, -0.2) is 4.83 Å². The molecule has 0 fully saturated rings. The van der Waals surface area contributed by atoms with Crippen LogP contribution in [0.15, 0.2) is 28.2 Å². The Hall–Kier alpha value is -1.36. The Morgan fingerprint density at radius 1 is 1.26 bits per heavy atom. The summed E-state index contributed by atoms with van der Waals surface area (Å²) in [5.41, 5.74) is 1.63. The average Bonchev–Trinajstić information content (AvgIpc) is 2.37. The molecule has 0 aliphatic heterocycles. The van der Waals surface area contributed by atoms with E-state index in [4.69, 9.17) is 0 Å². The monoisotopic (exact) mass is 282 g/mol. The number of nitrogens with one attached hydrogen (secondary N) is 1. The minimum Gasteiger partial charge on any atom is -0.200 e. The van der Waals surface area contributed by atoms with Gasteiger partial charge in [0.2, 0.25) is 0 Å². The van der Waals surface area contributed by atoms with E-state index in [0.29, 0.717) is 5.92 Å². The number of rotatable bonds is 6. The number of benzene rings is 1. The third-order valence-electron chi connectivity index (χ3n) is 3.14. The number of nitrogens with zero attached hydrogens (tertiary/aromatic N) is 1. The zero-order chi connectivity index (χ0) is 14.5. The highest BCUT2D eigenvalue weighted by Gasteiger charge is 2.15. The topological polar surface area (TPSA) is 58.5 Å². The van der Waals surface area contributed by atoms with Crippen LogP contribution in [0.4, 0.5) is 0 Å². The molecule has 0 atom stereocenters. The van der Waals surface area contributed by atoms with Gasteiger partial charge in [-0.3, -0.25) is 0 Å². The lowest BCUT2D eigenvalue weighted by Gasteiger charge is -2.09. The maximum Gasteiger partial charge on any atom is 0.276 e. The fourth-order valence-electron chi connectivity index (χ4n) is 1.75. The van der Waals surface area contributed by atoms with Crippen molar-refractivity contribution in [3.05, 3.63) is 29.3 Å². The van der Waals surface area contributed by atoms with Crippen LogP contribution in [0.25, 0.3) is 0 Å². The first-order valence-corrected chi connectivity index (χ1v) is 8.01. The van der Waals surface area contributed by atoms with Gasteiger partial charge in [-0.2, -0.15) is 13.5 Å². The van der Waals surface area contributed by atoms with Crippen molar-refractivity contribution < 1.29 is 8.42 Å². The molecule has 0 aromatic heterocycles. The maximum absolute atomic E-state index is 12.1. The first kappa shape index (κ1) is 15.7. The van der Waals surface area contributed by atoms with Gasteiger partial charge in [0.1, 0.15) is 0 Å². The number of hydrazone groups is 1. The summed E-state index contributed by atoms with van der Waals surface area (Å²) in [6.07, 6.45) is 3.57. The van der Waals surface area contributed by atoms with E-state index >= 15 is 0 Å². The molecule has 0 saturated carbocycles. The van der Waals surface area contributed by atoms with Crippen LogP contribution >= 0.6 is 0 Å². The summed E-state index contributed by atoms with van der Waals surface area (Å²) >= 11 is 0. The molecule has 1 rings (SSSR count). The molecule has 1 aromatic carbocycles. The Morgan fingerprint density at radius 3 is 2.47 bits per heavy atom. The van der Waals surface area contributed by atoms with Crippen molar-refractivity contribution >= 4 is 16.2 Å². The molecule has 19 heavy (non-hydrogen) atoms. The molecule has 0 unspecified atom stereocenters. The second kappa shape index (κ2) is 6.70. The van der Waals surface area contributed by atoms with E-state index in [-0.39, 0.29) is 4.90 Å². The highest BCUT2D eigenvalue weighted by molar-refractivity contribution is 7.89. The lowest BCUT2D eigenvalue weighted by molar-refractivity contribution is 0.582. The first-order valence-electron chi connectivity index (χ1n) is 6.53. The second-order valence-corrected chi connectivity index (χ2v) is 6.35. The molecule has 0 spiro atoms. The number of sulfonamides is 1. The molecule has 0 amide bonds. The van der Waals surface area contributed by atoms with Crippen molar-refractivity contribution in [3.63, 3.8) is 0 Å². The number of hydrogen-bond donors (Lipinski definition) is 1. The van der Waals surface area contributed by atoms with Crippen molar-refractivity contribution in [3.8, 4) is 0 Å². The smallest absolute Gasteiger partial charge is 0.200 e. The lowest BCUT2D eigenvalue weighted by Crippen LogP contribution is -2.20. The maximum atomic E-state index is 12.1. The van der Waals surface area contributed by atoms with Crippen molar-refractivity contribution in [1.82, 2.24) is 4.83 Å². The number of aryl methyl sites for hydroxylation is 2. The Bertz CT molecular complexity index is 547. The van der Waals surface area contributed by atoms with Crippen molar-refractivity contribution in [1.29, 1.82) is 0 Å². The van der Waals surface area contributed by atoms with Gasteiger partial charge in [0, 0.05) is 6.21 Å². The van der Waals surface area contributed by atoms with Gasteiger partial charge in [0.25, 0.3) is 10.0 Å². The molecular weight excluding hydrogens is 260 g/mol. The summed E-state index contributed by atoms with van der Waals surface area (Å²) in [7, 11) is -3.57. The summed E-state index contributed by atoms with van der Waals surface area (Å²) in [5, 5.41) is 3.87. The Balaban J connectivity index is 2.90. The zero-order valence-corrected chi connectivity index (χ0v) is 12.8. The predicted octanol–water partition coefficient (Wildman–Crippen LogP) is 3.00. The summed E-state index contributed by atoms with van der Waals surface area (Å²) in [5.74, 6) is 0.307. The molecule has 0 aliphatic carbocycles. The standard InChI is InChI=1S/C14H22N2O2S/c1-5-13(6-2)10-15-16-19(17,18)14-9-11(3)7-8-12(14)4/h7-10,13,16H,5-6H2,1-4H3/b15-10+. The van der Waals surface area contributed by atoms with E-state index in [9.17, 15) is 8.42 Å². The minimum absolute atomic E-state index is 0.286. The van der Waals surface area contributed by atoms with Gasteiger partial charge >= 0.3 is 0 Å². The highest BCUT2D eigenvalue weighted by atomic mass is 32.2. The Morgan fingerprint density at radius 2 is 1.89 bits per heavy atom. The molecule has 4 nitrogen and oxygen atoms in total.